The van der Waals surface area contributed by atoms with E-state index in [1.165, 1.54) is 0 Å². The second-order valence-electron chi connectivity index (χ2n) is 4.66. The highest BCUT2D eigenvalue weighted by Crippen LogP contribution is 2.25. The maximum absolute atomic E-state index is 12.3. The van der Waals surface area contributed by atoms with Crippen LogP contribution in [0.15, 0.2) is 29.2 Å². The molecule has 1 aromatic carbocycles. The summed E-state index contributed by atoms with van der Waals surface area (Å²) in [5.41, 5.74) is 0. The molecule has 0 radical (unpaired) electrons. The third-order valence-corrected chi connectivity index (χ3v) is 5.04. The van der Waals surface area contributed by atoms with Crippen molar-refractivity contribution in [2.24, 2.45) is 5.92 Å². The van der Waals surface area contributed by atoms with Crippen molar-refractivity contribution >= 4 is 10.0 Å². The molecule has 1 saturated heterocycles. The molecule has 1 fully saturated rings. The molecule has 4 nitrogen and oxygen atoms in total. The average Bonchev–Trinajstić information content (AvgIpc) is 2.78. The monoisotopic (exact) mass is 269 g/mol. The van der Waals surface area contributed by atoms with Crippen LogP contribution in [0.25, 0.3) is 0 Å². The van der Waals surface area contributed by atoms with Crippen LogP contribution in [-0.2, 0) is 10.0 Å². The molecular formula is C13H19NO3S. The van der Waals surface area contributed by atoms with Gasteiger partial charge in [0.25, 0.3) is 0 Å². The summed E-state index contributed by atoms with van der Waals surface area (Å²) in [6.07, 6.45) is 0.941. The van der Waals surface area contributed by atoms with Crippen LogP contribution >= 0.6 is 0 Å². The minimum atomic E-state index is -3.33. The van der Waals surface area contributed by atoms with Crippen LogP contribution in [-0.4, -0.2) is 32.4 Å². The van der Waals surface area contributed by atoms with Crippen molar-refractivity contribution < 1.29 is 13.2 Å². The Morgan fingerprint density at radius 1 is 1.33 bits per heavy atom. The lowest BCUT2D eigenvalue weighted by atomic mass is 10.2. The van der Waals surface area contributed by atoms with Crippen molar-refractivity contribution in [2.75, 3.05) is 19.7 Å². The molecule has 1 heterocycles. The van der Waals surface area contributed by atoms with E-state index in [0.29, 0.717) is 36.3 Å². The van der Waals surface area contributed by atoms with Gasteiger partial charge in [-0.2, -0.15) is 4.31 Å². The highest BCUT2D eigenvalue weighted by Gasteiger charge is 2.30. The van der Waals surface area contributed by atoms with E-state index in [1.54, 1.807) is 28.6 Å². The standard InChI is InChI=1S/C13H19NO3S/c1-3-17-12-4-6-13(7-5-12)18(15,16)14-9-8-11(2)10-14/h4-7,11H,3,8-10H2,1-2H3/t11-/m0/s1. The lowest BCUT2D eigenvalue weighted by Gasteiger charge is -2.16. The second kappa shape index (κ2) is 5.28. The normalized spacial score (nSPS) is 21.1. The lowest BCUT2D eigenvalue weighted by Crippen LogP contribution is -2.28. The first-order chi connectivity index (χ1) is 8.54. The zero-order valence-corrected chi connectivity index (χ0v) is 11.6. The van der Waals surface area contributed by atoms with Gasteiger partial charge in [-0.1, -0.05) is 6.92 Å². The molecule has 1 aliphatic rings. The van der Waals surface area contributed by atoms with Crippen LogP contribution in [0.5, 0.6) is 5.75 Å². The summed E-state index contributed by atoms with van der Waals surface area (Å²) in [5, 5.41) is 0. The van der Waals surface area contributed by atoms with E-state index in [0.717, 1.165) is 6.42 Å². The zero-order valence-electron chi connectivity index (χ0n) is 10.8. The molecule has 0 bridgehead atoms. The van der Waals surface area contributed by atoms with Gasteiger partial charge in [0, 0.05) is 13.1 Å². The molecule has 100 valence electrons. The van der Waals surface area contributed by atoms with Gasteiger partial charge < -0.3 is 4.74 Å². The summed E-state index contributed by atoms with van der Waals surface area (Å²) in [6.45, 7) is 5.80. The van der Waals surface area contributed by atoms with E-state index in [4.69, 9.17) is 4.74 Å². The van der Waals surface area contributed by atoms with Crippen molar-refractivity contribution in [3.05, 3.63) is 24.3 Å². The predicted octanol–water partition coefficient (Wildman–Crippen LogP) is 2.12. The summed E-state index contributed by atoms with van der Waals surface area (Å²) in [7, 11) is -3.33. The van der Waals surface area contributed by atoms with Crippen molar-refractivity contribution in [1.29, 1.82) is 0 Å². The van der Waals surface area contributed by atoms with Gasteiger partial charge in [0.1, 0.15) is 5.75 Å². The van der Waals surface area contributed by atoms with Crippen LogP contribution < -0.4 is 4.74 Å². The highest BCUT2D eigenvalue weighted by atomic mass is 32.2. The molecule has 0 aliphatic carbocycles. The molecule has 1 atom stereocenters. The van der Waals surface area contributed by atoms with E-state index in [-0.39, 0.29) is 0 Å². The predicted molar refractivity (Wildman–Crippen MR) is 70.2 cm³/mol. The molecular weight excluding hydrogens is 250 g/mol. The van der Waals surface area contributed by atoms with Gasteiger partial charge in [0.15, 0.2) is 0 Å². The summed E-state index contributed by atoms with van der Waals surface area (Å²) in [4.78, 5) is 0.347. The Labute approximate surface area is 109 Å². The van der Waals surface area contributed by atoms with Gasteiger partial charge in [-0.05, 0) is 43.5 Å². The first-order valence-corrected chi connectivity index (χ1v) is 7.71. The number of sulfonamides is 1. The molecule has 1 aliphatic heterocycles. The fourth-order valence-electron chi connectivity index (χ4n) is 2.14. The molecule has 0 spiro atoms. The molecule has 0 N–H and O–H groups in total. The van der Waals surface area contributed by atoms with Crippen LogP contribution in [0.2, 0.25) is 0 Å². The first kappa shape index (κ1) is 13.4. The minimum absolute atomic E-state index is 0.347. The molecule has 0 unspecified atom stereocenters. The van der Waals surface area contributed by atoms with Crippen molar-refractivity contribution in [3.63, 3.8) is 0 Å². The Balaban J connectivity index is 2.19. The topological polar surface area (TPSA) is 46.6 Å². The molecule has 0 aromatic heterocycles. The van der Waals surface area contributed by atoms with Gasteiger partial charge in [-0.15, -0.1) is 0 Å². The summed E-state index contributed by atoms with van der Waals surface area (Å²) in [6, 6.07) is 6.64. The SMILES string of the molecule is CCOc1ccc(S(=O)(=O)N2CC[C@H](C)C2)cc1. The number of hydrogen-bond donors (Lipinski definition) is 0. The smallest absolute Gasteiger partial charge is 0.243 e. The molecule has 0 amide bonds. The Hall–Kier alpha value is -1.07. The summed E-state index contributed by atoms with van der Waals surface area (Å²) in [5.74, 6) is 1.15. The van der Waals surface area contributed by atoms with E-state index >= 15 is 0 Å². The molecule has 2 rings (SSSR count). The second-order valence-corrected chi connectivity index (χ2v) is 6.60. The lowest BCUT2D eigenvalue weighted by molar-refractivity contribution is 0.340. The van der Waals surface area contributed by atoms with Gasteiger partial charge in [0.05, 0.1) is 11.5 Å². The molecule has 18 heavy (non-hydrogen) atoms. The fraction of sp³-hybridized carbons (Fsp3) is 0.538. The number of rotatable bonds is 4. The van der Waals surface area contributed by atoms with E-state index in [9.17, 15) is 8.42 Å². The van der Waals surface area contributed by atoms with E-state index in [2.05, 4.69) is 6.92 Å². The average molecular weight is 269 g/mol. The third kappa shape index (κ3) is 2.67. The Morgan fingerprint density at radius 3 is 2.50 bits per heavy atom. The number of nitrogens with zero attached hydrogens (tertiary/aromatic N) is 1. The Morgan fingerprint density at radius 2 is 2.00 bits per heavy atom. The van der Waals surface area contributed by atoms with E-state index in [1.807, 2.05) is 6.92 Å². The van der Waals surface area contributed by atoms with Crippen LogP contribution in [0, 0.1) is 5.92 Å². The van der Waals surface area contributed by atoms with Crippen LogP contribution in [0.4, 0.5) is 0 Å². The number of hydrogen-bond acceptors (Lipinski definition) is 3. The number of benzene rings is 1. The van der Waals surface area contributed by atoms with Gasteiger partial charge >= 0.3 is 0 Å². The van der Waals surface area contributed by atoms with Crippen molar-refractivity contribution in [1.82, 2.24) is 4.31 Å². The molecule has 1 aromatic rings. The zero-order chi connectivity index (χ0) is 13.2. The molecule has 5 heteroatoms. The Bertz CT molecular complexity index is 495. The number of ether oxygens (including phenoxy) is 1. The summed E-state index contributed by atoms with van der Waals surface area (Å²) < 4.78 is 31.5. The van der Waals surface area contributed by atoms with Gasteiger partial charge in [-0.3, -0.25) is 0 Å². The van der Waals surface area contributed by atoms with Gasteiger partial charge in [0.2, 0.25) is 10.0 Å². The van der Waals surface area contributed by atoms with Gasteiger partial charge in [-0.25, -0.2) is 8.42 Å². The third-order valence-electron chi connectivity index (χ3n) is 3.16. The van der Waals surface area contributed by atoms with Crippen molar-refractivity contribution in [3.8, 4) is 5.75 Å². The van der Waals surface area contributed by atoms with Crippen molar-refractivity contribution in [2.45, 2.75) is 25.2 Å². The first-order valence-electron chi connectivity index (χ1n) is 6.27. The summed E-state index contributed by atoms with van der Waals surface area (Å²) >= 11 is 0. The quantitative estimate of drug-likeness (QED) is 0.841. The fourth-order valence-corrected chi connectivity index (χ4v) is 3.71. The highest BCUT2D eigenvalue weighted by molar-refractivity contribution is 7.89. The minimum Gasteiger partial charge on any atom is -0.494 e. The maximum Gasteiger partial charge on any atom is 0.243 e. The van der Waals surface area contributed by atoms with Crippen LogP contribution in [0.1, 0.15) is 20.3 Å². The molecule has 0 saturated carbocycles. The van der Waals surface area contributed by atoms with E-state index < -0.39 is 10.0 Å². The van der Waals surface area contributed by atoms with Crippen LogP contribution in [0.3, 0.4) is 0 Å². The Kier molecular flexibility index (Phi) is 3.92. The largest absolute Gasteiger partial charge is 0.494 e. The maximum atomic E-state index is 12.3.